The number of pyridine rings is 1. The largest absolute Gasteiger partial charge is 0.391 e. The molecule has 0 aliphatic heterocycles. The zero-order valence-electron chi connectivity index (χ0n) is 10.5. The van der Waals surface area contributed by atoms with Crippen molar-refractivity contribution in [2.45, 2.75) is 44.4 Å². The van der Waals surface area contributed by atoms with Gasteiger partial charge in [-0.3, -0.25) is 9.88 Å². The van der Waals surface area contributed by atoms with Crippen molar-refractivity contribution in [1.82, 2.24) is 9.88 Å². The molecule has 1 aromatic rings. The van der Waals surface area contributed by atoms with Crippen LogP contribution in [0.15, 0.2) is 24.5 Å². The Hall–Kier alpha value is -1.44. The molecule has 0 aromatic carbocycles. The van der Waals surface area contributed by atoms with E-state index in [0.717, 1.165) is 31.4 Å². The second-order valence-electron chi connectivity index (χ2n) is 4.81. The lowest BCUT2D eigenvalue weighted by atomic mass is 10.1. The highest BCUT2D eigenvalue weighted by atomic mass is 16.3. The van der Waals surface area contributed by atoms with Crippen molar-refractivity contribution in [3.8, 4) is 6.07 Å². The highest BCUT2D eigenvalue weighted by Crippen LogP contribution is 2.25. The van der Waals surface area contributed by atoms with E-state index in [1.807, 2.05) is 18.3 Å². The molecule has 2 rings (SSSR count). The van der Waals surface area contributed by atoms with Gasteiger partial charge in [-0.25, -0.2) is 0 Å². The van der Waals surface area contributed by atoms with Crippen molar-refractivity contribution in [3.05, 3.63) is 30.1 Å². The van der Waals surface area contributed by atoms with Gasteiger partial charge in [0.2, 0.25) is 0 Å². The molecular weight excluding hydrogens is 226 g/mol. The topological polar surface area (TPSA) is 60.2 Å². The Labute approximate surface area is 108 Å². The summed E-state index contributed by atoms with van der Waals surface area (Å²) in [7, 11) is 0. The van der Waals surface area contributed by atoms with E-state index in [2.05, 4.69) is 16.0 Å². The van der Waals surface area contributed by atoms with Crippen LogP contribution >= 0.6 is 0 Å². The second kappa shape index (κ2) is 6.48. The molecule has 96 valence electrons. The molecule has 1 fully saturated rings. The van der Waals surface area contributed by atoms with Gasteiger partial charge in [-0.2, -0.15) is 5.26 Å². The molecule has 1 aliphatic rings. The van der Waals surface area contributed by atoms with E-state index >= 15 is 0 Å². The van der Waals surface area contributed by atoms with Crippen LogP contribution in [0.1, 0.15) is 31.2 Å². The molecule has 1 heterocycles. The molecule has 0 radical (unpaired) electrons. The predicted octanol–water partition coefficient (Wildman–Crippen LogP) is 1.71. The van der Waals surface area contributed by atoms with Gasteiger partial charge >= 0.3 is 0 Å². The maximum atomic E-state index is 10.00. The smallest absolute Gasteiger partial charge is 0.0695 e. The SMILES string of the molecule is N#CCCN(Cc1cccnc1)[C@H]1CCC[C@@H]1O. The average molecular weight is 245 g/mol. The molecular formula is C14H19N3O. The van der Waals surface area contributed by atoms with Gasteiger partial charge in [0.1, 0.15) is 0 Å². The van der Waals surface area contributed by atoms with Crippen LogP contribution in [0.5, 0.6) is 0 Å². The zero-order chi connectivity index (χ0) is 12.8. The monoisotopic (exact) mass is 245 g/mol. The van der Waals surface area contributed by atoms with Gasteiger partial charge in [-0.1, -0.05) is 6.07 Å². The standard InChI is InChI=1S/C14H19N3O/c15-7-3-9-17(13-5-1-6-14(13)18)11-12-4-2-8-16-10-12/h2,4,8,10,13-14,18H,1,3,5-6,9,11H2/t13-,14-/m0/s1. The lowest BCUT2D eigenvalue weighted by Crippen LogP contribution is -2.40. The summed E-state index contributed by atoms with van der Waals surface area (Å²) in [6.45, 7) is 1.48. The minimum atomic E-state index is -0.250. The fourth-order valence-corrected chi connectivity index (χ4v) is 2.63. The van der Waals surface area contributed by atoms with E-state index in [1.165, 1.54) is 0 Å². The number of aliphatic hydroxyl groups excluding tert-OH is 1. The third-order valence-corrected chi connectivity index (χ3v) is 3.53. The van der Waals surface area contributed by atoms with E-state index in [1.54, 1.807) is 6.20 Å². The lowest BCUT2D eigenvalue weighted by molar-refractivity contribution is 0.0671. The Morgan fingerprint density at radius 3 is 3.00 bits per heavy atom. The normalized spacial score (nSPS) is 23.2. The zero-order valence-corrected chi connectivity index (χ0v) is 10.5. The minimum Gasteiger partial charge on any atom is -0.391 e. The number of hydrogen-bond donors (Lipinski definition) is 1. The van der Waals surface area contributed by atoms with Crippen LogP contribution in [0.4, 0.5) is 0 Å². The first-order valence-electron chi connectivity index (χ1n) is 6.49. The van der Waals surface area contributed by atoms with Gasteiger partial charge in [-0.15, -0.1) is 0 Å². The first kappa shape index (κ1) is 13.0. The molecule has 0 spiro atoms. The van der Waals surface area contributed by atoms with E-state index in [9.17, 15) is 5.11 Å². The summed E-state index contributed by atoms with van der Waals surface area (Å²) in [5.41, 5.74) is 1.13. The summed E-state index contributed by atoms with van der Waals surface area (Å²) in [4.78, 5) is 6.33. The highest BCUT2D eigenvalue weighted by molar-refractivity contribution is 5.09. The Balaban J connectivity index is 2.03. The van der Waals surface area contributed by atoms with E-state index in [4.69, 9.17) is 5.26 Å². The van der Waals surface area contributed by atoms with Crippen molar-refractivity contribution < 1.29 is 5.11 Å². The Bertz CT molecular complexity index is 401. The summed E-state index contributed by atoms with van der Waals surface area (Å²) in [6, 6.07) is 6.33. The third kappa shape index (κ3) is 3.28. The van der Waals surface area contributed by atoms with Crippen LogP contribution in [0.3, 0.4) is 0 Å². The van der Waals surface area contributed by atoms with Crippen LogP contribution in [-0.4, -0.2) is 33.7 Å². The maximum Gasteiger partial charge on any atom is 0.0695 e. The summed E-state index contributed by atoms with van der Waals surface area (Å²) >= 11 is 0. The summed E-state index contributed by atoms with van der Waals surface area (Å²) in [6.07, 6.45) is 6.83. The summed E-state index contributed by atoms with van der Waals surface area (Å²) in [5, 5.41) is 18.7. The van der Waals surface area contributed by atoms with Crippen molar-refractivity contribution >= 4 is 0 Å². The first-order chi connectivity index (χ1) is 8.81. The Kier molecular flexibility index (Phi) is 4.68. The molecule has 4 heteroatoms. The molecule has 0 amide bonds. The third-order valence-electron chi connectivity index (χ3n) is 3.53. The maximum absolute atomic E-state index is 10.00. The first-order valence-corrected chi connectivity index (χ1v) is 6.49. The van der Waals surface area contributed by atoms with Gasteiger partial charge in [0.15, 0.2) is 0 Å². The van der Waals surface area contributed by atoms with Gasteiger partial charge in [0.05, 0.1) is 12.2 Å². The van der Waals surface area contributed by atoms with Crippen molar-refractivity contribution in [2.24, 2.45) is 0 Å². The van der Waals surface area contributed by atoms with Gasteiger partial charge in [-0.05, 0) is 30.9 Å². The fraction of sp³-hybridized carbons (Fsp3) is 0.571. The quantitative estimate of drug-likeness (QED) is 0.858. The molecule has 0 unspecified atom stereocenters. The number of aromatic nitrogens is 1. The van der Waals surface area contributed by atoms with E-state index in [0.29, 0.717) is 13.0 Å². The van der Waals surface area contributed by atoms with Crippen molar-refractivity contribution in [1.29, 1.82) is 5.26 Å². The van der Waals surface area contributed by atoms with Gasteiger partial charge in [0.25, 0.3) is 0 Å². The molecule has 4 nitrogen and oxygen atoms in total. The molecule has 1 N–H and O–H groups in total. The predicted molar refractivity (Wildman–Crippen MR) is 68.5 cm³/mol. The number of aliphatic hydroxyl groups is 1. The minimum absolute atomic E-state index is 0.193. The molecule has 1 saturated carbocycles. The van der Waals surface area contributed by atoms with E-state index in [-0.39, 0.29) is 12.1 Å². The number of rotatable bonds is 5. The molecule has 0 bridgehead atoms. The van der Waals surface area contributed by atoms with Gasteiger partial charge < -0.3 is 5.11 Å². The molecule has 1 aromatic heterocycles. The van der Waals surface area contributed by atoms with Crippen LogP contribution in [0.2, 0.25) is 0 Å². The van der Waals surface area contributed by atoms with Crippen molar-refractivity contribution in [2.75, 3.05) is 6.54 Å². The molecule has 1 aliphatic carbocycles. The van der Waals surface area contributed by atoms with Crippen LogP contribution < -0.4 is 0 Å². The van der Waals surface area contributed by atoms with Crippen molar-refractivity contribution in [3.63, 3.8) is 0 Å². The van der Waals surface area contributed by atoms with Gasteiger partial charge in [0, 0.05) is 37.9 Å². The molecule has 18 heavy (non-hydrogen) atoms. The number of nitriles is 1. The molecule has 2 atom stereocenters. The van der Waals surface area contributed by atoms with E-state index < -0.39 is 0 Å². The Morgan fingerprint density at radius 1 is 1.50 bits per heavy atom. The van der Waals surface area contributed by atoms with Crippen LogP contribution in [-0.2, 0) is 6.54 Å². The lowest BCUT2D eigenvalue weighted by Gasteiger charge is -2.30. The Morgan fingerprint density at radius 2 is 2.39 bits per heavy atom. The van der Waals surface area contributed by atoms with Crippen LogP contribution in [0, 0.1) is 11.3 Å². The van der Waals surface area contributed by atoms with Crippen LogP contribution in [0.25, 0.3) is 0 Å². The number of hydrogen-bond acceptors (Lipinski definition) is 4. The summed E-state index contributed by atoms with van der Waals surface area (Å²) in [5.74, 6) is 0. The fourth-order valence-electron chi connectivity index (χ4n) is 2.63. The number of nitrogens with zero attached hydrogens (tertiary/aromatic N) is 3. The molecule has 0 saturated heterocycles. The average Bonchev–Trinajstić information content (AvgIpc) is 2.82. The second-order valence-corrected chi connectivity index (χ2v) is 4.81. The summed E-state index contributed by atoms with van der Waals surface area (Å²) < 4.78 is 0. The highest BCUT2D eigenvalue weighted by Gasteiger charge is 2.30.